The second-order valence-electron chi connectivity index (χ2n) is 9.52. The zero-order chi connectivity index (χ0) is 26.1. The summed E-state index contributed by atoms with van der Waals surface area (Å²) in [7, 11) is 0. The Morgan fingerprint density at radius 3 is 2.11 bits per heavy atom. The van der Waals surface area contributed by atoms with Crippen molar-refractivity contribution < 1.29 is 28.6 Å². The molecule has 0 unspecified atom stereocenters. The molecule has 2 N–H and O–H groups in total. The molecule has 3 rings (SSSR count). The third-order valence-electron chi connectivity index (χ3n) is 5.70. The van der Waals surface area contributed by atoms with Crippen LogP contribution in [0.5, 0.6) is 0 Å². The lowest BCUT2D eigenvalue weighted by atomic mass is 9.98. The van der Waals surface area contributed by atoms with Crippen LogP contribution in [0.3, 0.4) is 0 Å². The van der Waals surface area contributed by atoms with E-state index in [1.54, 1.807) is 20.8 Å². The fourth-order valence-corrected chi connectivity index (χ4v) is 4.27. The predicted molar refractivity (Wildman–Crippen MR) is 137 cm³/mol. The molecule has 2 aromatic rings. The van der Waals surface area contributed by atoms with Crippen molar-refractivity contribution in [2.75, 3.05) is 19.2 Å². The normalized spacial score (nSPS) is 13.2. The van der Waals surface area contributed by atoms with Gasteiger partial charge in [0.15, 0.2) is 6.07 Å². The van der Waals surface area contributed by atoms with Crippen molar-refractivity contribution in [1.29, 1.82) is 0 Å². The Balaban J connectivity index is 1.51. The summed E-state index contributed by atoms with van der Waals surface area (Å²) >= 11 is 5.54. The van der Waals surface area contributed by atoms with Gasteiger partial charge in [-0.05, 0) is 62.3 Å². The van der Waals surface area contributed by atoms with Crippen LogP contribution in [-0.4, -0.2) is 49.0 Å². The van der Waals surface area contributed by atoms with E-state index in [1.807, 2.05) is 36.4 Å². The van der Waals surface area contributed by atoms with Crippen LogP contribution in [0.15, 0.2) is 48.5 Å². The zero-order valence-electron chi connectivity index (χ0n) is 20.8. The first-order valence-corrected chi connectivity index (χ1v) is 12.5. The summed E-state index contributed by atoms with van der Waals surface area (Å²) in [5.41, 5.74) is 3.88. The molecule has 0 aromatic heterocycles. The molecular weight excluding hydrogens is 484 g/mol. The van der Waals surface area contributed by atoms with Crippen molar-refractivity contribution in [2.24, 2.45) is 0 Å². The molecule has 0 saturated carbocycles. The van der Waals surface area contributed by atoms with Crippen LogP contribution in [0.25, 0.3) is 11.1 Å². The molecule has 9 heteroatoms. The SMILES string of the molecule is CC(C)(C)OC(=O)NCCCC[C@@H](NC(=O)OCC1c2ccccc2-c2ccccc21)C(=O)OCCl. The molecule has 36 heavy (non-hydrogen) atoms. The highest BCUT2D eigenvalue weighted by atomic mass is 35.5. The molecule has 1 aliphatic carbocycles. The summed E-state index contributed by atoms with van der Waals surface area (Å²) in [6.45, 7) is 5.87. The number of halogens is 1. The number of alkyl halides is 1. The van der Waals surface area contributed by atoms with Gasteiger partial charge in [0.25, 0.3) is 0 Å². The number of hydrogen-bond donors (Lipinski definition) is 2. The molecule has 0 heterocycles. The number of nitrogens with one attached hydrogen (secondary N) is 2. The van der Waals surface area contributed by atoms with Gasteiger partial charge in [-0.3, -0.25) is 0 Å². The van der Waals surface area contributed by atoms with Gasteiger partial charge in [0, 0.05) is 12.5 Å². The first-order chi connectivity index (χ1) is 17.2. The van der Waals surface area contributed by atoms with Crippen molar-refractivity contribution >= 4 is 29.8 Å². The summed E-state index contributed by atoms with van der Waals surface area (Å²) in [5.74, 6) is -0.728. The lowest BCUT2D eigenvalue weighted by Crippen LogP contribution is -2.42. The molecule has 0 spiro atoms. The second-order valence-corrected chi connectivity index (χ2v) is 9.74. The lowest BCUT2D eigenvalue weighted by molar-refractivity contribution is -0.144. The number of rotatable bonds is 10. The van der Waals surface area contributed by atoms with Crippen LogP contribution in [0, 0.1) is 0 Å². The van der Waals surface area contributed by atoms with Gasteiger partial charge >= 0.3 is 18.2 Å². The van der Waals surface area contributed by atoms with Gasteiger partial charge < -0.3 is 24.8 Å². The maximum absolute atomic E-state index is 12.6. The van der Waals surface area contributed by atoms with E-state index in [4.69, 9.17) is 25.8 Å². The summed E-state index contributed by atoms with van der Waals surface area (Å²) in [4.78, 5) is 36.7. The molecule has 0 aliphatic heterocycles. The number of benzene rings is 2. The maximum Gasteiger partial charge on any atom is 0.407 e. The third-order valence-corrected chi connectivity index (χ3v) is 5.81. The summed E-state index contributed by atoms with van der Waals surface area (Å²) in [6.07, 6.45) is 0.214. The number of unbranched alkanes of at least 4 members (excludes halogenated alkanes) is 1. The van der Waals surface area contributed by atoms with Crippen LogP contribution in [0.1, 0.15) is 57.1 Å². The predicted octanol–water partition coefficient (Wildman–Crippen LogP) is 5.33. The Morgan fingerprint density at radius 2 is 1.53 bits per heavy atom. The van der Waals surface area contributed by atoms with E-state index in [1.165, 1.54) is 0 Å². The monoisotopic (exact) mass is 516 g/mol. The summed E-state index contributed by atoms with van der Waals surface area (Å²) in [5, 5.41) is 5.26. The molecule has 194 valence electrons. The number of hydrogen-bond acceptors (Lipinski definition) is 6. The number of amides is 2. The molecule has 0 radical (unpaired) electrons. The first-order valence-electron chi connectivity index (χ1n) is 12.0. The van der Waals surface area contributed by atoms with Gasteiger partial charge in [0.05, 0.1) is 0 Å². The fraction of sp³-hybridized carbons (Fsp3) is 0.444. The molecule has 1 atom stereocenters. The molecule has 2 amide bonds. The van der Waals surface area contributed by atoms with E-state index in [0.29, 0.717) is 25.8 Å². The Bertz CT molecular complexity index is 1020. The van der Waals surface area contributed by atoms with Crippen molar-refractivity contribution in [2.45, 2.75) is 57.6 Å². The molecule has 8 nitrogen and oxygen atoms in total. The largest absolute Gasteiger partial charge is 0.449 e. The molecule has 0 bridgehead atoms. The van der Waals surface area contributed by atoms with E-state index in [-0.39, 0.29) is 18.6 Å². The highest BCUT2D eigenvalue weighted by Crippen LogP contribution is 2.44. The van der Waals surface area contributed by atoms with Crippen LogP contribution in [0.4, 0.5) is 9.59 Å². The number of ether oxygens (including phenoxy) is 3. The van der Waals surface area contributed by atoms with E-state index < -0.39 is 29.8 Å². The standard InChI is InChI=1S/C27H33ClN2O6/c1-27(2,3)36-25(32)29-15-9-8-14-23(24(31)35-17-28)30-26(33)34-16-22-20-12-6-4-10-18(20)19-11-5-7-13-21(19)22/h4-7,10-13,22-23H,8-9,14-17H2,1-3H3,(H,29,32)(H,30,33)/t23-/m1/s1. The minimum atomic E-state index is -0.916. The first kappa shape index (κ1) is 27.3. The number of carbonyl (C=O) groups excluding carboxylic acids is 3. The number of carbonyl (C=O) groups is 3. The quantitative estimate of drug-likeness (QED) is 0.191. The smallest absolute Gasteiger partial charge is 0.407 e. The Hall–Kier alpha value is -3.26. The van der Waals surface area contributed by atoms with E-state index in [9.17, 15) is 14.4 Å². The average Bonchev–Trinajstić information content (AvgIpc) is 3.14. The minimum Gasteiger partial charge on any atom is -0.449 e. The van der Waals surface area contributed by atoms with Crippen LogP contribution < -0.4 is 10.6 Å². The lowest BCUT2D eigenvalue weighted by Gasteiger charge is -2.20. The van der Waals surface area contributed by atoms with Gasteiger partial charge in [-0.1, -0.05) is 60.1 Å². The topological polar surface area (TPSA) is 103 Å². The van der Waals surface area contributed by atoms with Gasteiger partial charge in [0.2, 0.25) is 0 Å². The fourth-order valence-electron chi connectivity index (χ4n) is 4.16. The summed E-state index contributed by atoms with van der Waals surface area (Å²) in [6, 6.07) is 14.9. The molecule has 0 fully saturated rings. The van der Waals surface area contributed by atoms with E-state index in [2.05, 4.69) is 22.8 Å². The van der Waals surface area contributed by atoms with E-state index in [0.717, 1.165) is 22.3 Å². The van der Waals surface area contributed by atoms with Gasteiger partial charge in [-0.25, -0.2) is 14.4 Å². The van der Waals surface area contributed by atoms with Gasteiger partial charge in [0.1, 0.15) is 18.2 Å². The Labute approximate surface area is 216 Å². The van der Waals surface area contributed by atoms with Crippen molar-refractivity contribution in [1.82, 2.24) is 10.6 Å². The van der Waals surface area contributed by atoms with Gasteiger partial charge in [-0.15, -0.1) is 0 Å². The maximum atomic E-state index is 12.6. The Kier molecular flexibility index (Phi) is 9.58. The number of alkyl carbamates (subject to hydrolysis) is 2. The van der Waals surface area contributed by atoms with Gasteiger partial charge in [-0.2, -0.15) is 0 Å². The summed E-state index contributed by atoms with van der Waals surface area (Å²) < 4.78 is 15.6. The van der Waals surface area contributed by atoms with Crippen LogP contribution >= 0.6 is 11.6 Å². The molecule has 2 aromatic carbocycles. The molecule has 1 aliphatic rings. The highest BCUT2D eigenvalue weighted by Gasteiger charge is 2.30. The Morgan fingerprint density at radius 1 is 0.917 bits per heavy atom. The zero-order valence-corrected chi connectivity index (χ0v) is 21.6. The van der Waals surface area contributed by atoms with Crippen LogP contribution in [0.2, 0.25) is 0 Å². The molecular formula is C27H33ClN2O6. The highest BCUT2D eigenvalue weighted by molar-refractivity contribution is 6.17. The third kappa shape index (κ3) is 7.62. The van der Waals surface area contributed by atoms with Crippen molar-refractivity contribution in [3.8, 4) is 11.1 Å². The van der Waals surface area contributed by atoms with Crippen molar-refractivity contribution in [3.05, 3.63) is 59.7 Å². The molecule has 0 saturated heterocycles. The second kappa shape index (κ2) is 12.6. The minimum absolute atomic E-state index is 0.0877. The number of esters is 1. The van der Waals surface area contributed by atoms with E-state index >= 15 is 0 Å². The van der Waals surface area contributed by atoms with Crippen LogP contribution in [-0.2, 0) is 19.0 Å². The average molecular weight is 517 g/mol. The number of fused-ring (bicyclic) bond motifs is 3. The van der Waals surface area contributed by atoms with Crippen molar-refractivity contribution in [3.63, 3.8) is 0 Å².